The molecular weight excluding hydrogens is 238 g/mol. The van der Waals surface area contributed by atoms with E-state index in [-0.39, 0.29) is 0 Å². The number of hydrogen-bond donors (Lipinski definition) is 1. The second-order valence-corrected chi connectivity index (χ2v) is 4.26. The van der Waals surface area contributed by atoms with Gasteiger partial charge < -0.3 is 10.0 Å². The van der Waals surface area contributed by atoms with Gasteiger partial charge in [0.15, 0.2) is 0 Å². The molecule has 1 aliphatic rings. The lowest BCUT2D eigenvalue weighted by molar-refractivity contribution is -0.134. The van der Waals surface area contributed by atoms with Crippen LogP contribution in [0.4, 0.5) is 0 Å². The Labute approximate surface area is 121 Å². The third-order valence-corrected chi connectivity index (χ3v) is 2.84. The third-order valence-electron chi connectivity index (χ3n) is 2.84. The molecule has 3 nitrogen and oxygen atoms in total. The smallest absolute Gasteiger partial charge is 0.300 e. The van der Waals surface area contributed by atoms with Gasteiger partial charge in [0.2, 0.25) is 0 Å². The SMILES string of the molecule is C1CCCCC1.CC.CC(=O)O.CCN(CC)CC. The van der Waals surface area contributed by atoms with E-state index in [2.05, 4.69) is 25.7 Å². The number of nitrogens with zero attached hydrogens (tertiary/aromatic N) is 1. The van der Waals surface area contributed by atoms with Gasteiger partial charge in [-0.25, -0.2) is 0 Å². The zero-order valence-electron chi connectivity index (χ0n) is 14.2. The van der Waals surface area contributed by atoms with Crippen molar-refractivity contribution in [3.63, 3.8) is 0 Å². The Kier molecular flexibility index (Phi) is 28.0. The molecule has 1 rings (SSSR count). The maximum atomic E-state index is 9.00. The summed E-state index contributed by atoms with van der Waals surface area (Å²) < 4.78 is 0. The normalized spacial score (nSPS) is 13.0. The van der Waals surface area contributed by atoms with Crippen LogP contribution < -0.4 is 0 Å². The number of carbonyl (C=O) groups is 1. The van der Waals surface area contributed by atoms with Gasteiger partial charge >= 0.3 is 0 Å². The van der Waals surface area contributed by atoms with E-state index in [0.29, 0.717) is 0 Å². The third kappa shape index (κ3) is 31.8. The Balaban J connectivity index is -0.000000195. The fraction of sp³-hybridized carbons (Fsp3) is 0.938. The van der Waals surface area contributed by atoms with Crippen LogP contribution in [0.5, 0.6) is 0 Å². The van der Waals surface area contributed by atoms with Crippen molar-refractivity contribution in [1.29, 1.82) is 0 Å². The molecule has 0 radical (unpaired) electrons. The van der Waals surface area contributed by atoms with Crippen LogP contribution in [0.2, 0.25) is 0 Å². The summed E-state index contributed by atoms with van der Waals surface area (Å²) in [4.78, 5) is 11.4. The minimum Gasteiger partial charge on any atom is -0.481 e. The van der Waals surface area contributed by atoms with Crippen molar-refractivity contribution in [2.75, 3.05) is 19.6 Å². The van der Waals surface area contributed by atoms with Crippen LogP contribution in [0.1, 0.15) is 80.1 Å². The van der Waals surface area contributed by atoms with Gasteiger partial charge in [-0.1, -0.05) is 73.1 Å². The number of hydrogen-bond acceptors (Lipinski definition) is 2. The number of rotatable bonds is 3. The standard InChI is InChI=1S/C6H15N.C6H12.C2H4O2.C2H6/c1-4-7(5-2)6-3;1-2-4-6-5-3-1;1-2(3)4;1-2/h4-6H2,1-3H3;1-6H2;1H3,(H,3,4);1-2H3. The average Bonchev–Trinajstić information content (AvgIpc) is 2.45. The average molecular weight is 275 g/mol. The van der Waals surface area contributed by atoms with E-state index in [4.69, 9.17) is 9.90 Å². The topological polar surface area (TPSA) is 40.5 Å². The largest absolute Gasteiger partial charge is 0.481 e. The van der Waals surface area contributed by atoms with Gasteiger partial charge in [0.25, 0.3) is 5.97 Å². The van der Waals surface area contributed by atoms with Crippen LogP contribution in [-0.4, -0.2) is 35.6 Å². The highest BCUT2D eigenvalue weighted by molar-refractivity contribution is 5.62. The Bertz CT molecular complexity index is 132. The molecule has 0 aromatic rings. The Morgan fingerprint density at radius 1 is 0.842 bits per heavy atom. The van der Waals surface area contributed by atoms with Crippen LogP contribution >= 0.6 is 0 Å². The summed E-state index contributed by atoms with van der Waals surface area (Å²) in [7, 11) is 0. The first kappa shape index (κ1) is 23.5. The van der Waals surface area contributed by atoms with Crippen molar-refractivity contribution >= 4 is 5.97 Å². The fourth-order valence-corrected chi connectivity index (χ4v) is 1.73. The Hall–Kier alpha value is -0.570. The van der Waals surface area contributed by atoms with Crippen molar-refractivity contribution in [1.82, 2.24) is 4.90 Å². The molecule has 0 spiro atoms. The van der Waals surface area contributed by atoms with Gasteiger partial charge in [-0.2, -0.15) is 0 Å². The molecule has 3 heteroatoms. The van der Waals surface area contributed by atoms with Crippen LogP contribution in [0.15, 0.2) is 0 Å². The Morgan fingerprint density at radius 2 is 1.00 bits per heavy atom. The summed E-state index contributed by atoms with van der Waals surface area (Å²) >= 11 is 0. The zero-order chi connectivity index (χ0) is 15.5. The molecule has 0 atom stereocenters. The zero-order valence-corrected chi connectivity index (χ0v) is 14.2. The highest BCUT2D eigenvalue weighted by Crippen LogP contribution is 2.15. The highest BCUT2D eigenvalue weighted by atomic mass is 16.4. The fourth-order valence-electron chi connectivity index (χ4n) is 1.73. The van der Waals surface area contributed by atoms with Gasteiger partial charge in [0.05, 0.1) is 0 Å². The lowest BCUT2D eigenvalue weighted by Gasteiger charge is -2.13. The van der Waals surface area contributed by atoms with E-state index in [1.54, 1.807) is 0 Å². The predicted octanol–water partition coefficient (Wildman–Crippen LogP) is 4.81. The van der Waals surface area contributed by atoms with Crippen LogP contribution in [-0.2, 0) is 4.79 Å². The van der Waals surface area contributed by atoms with Gasteiger partial charge in [-0.05, 0) is 19.6 Å². The van der Waals surface area contributed by atoms with Gasteiger partial charge in [0, 0.05) is 6.92 Å². The lowest BCUT2D eigenvalue weighted by Crippen LogP contribution is -2.21. The van der Waals surface area contributed by atoms with Crippen molar-refractivity contribution < 1.29 is 9.90 Å². The number of carboxylic acids is 1. The summed E-state index contributed by atoms with van der Waals surface area (Å²) in [6.45, 7) is 15.2. The summed E-state index contributed by atoms with van der Waals surface area (Å²) in [6, 6.07) is 0. The predicted molar refractivity (Wildman–Crippen MR) is 85.8 cm³/mol. The molecule has 19 heavy (non-hydrogen) atoms. The molecule has 1 fully saturated rings. The highest BCUT2D eigenvalue weighted by Gasteiger charge is 1.95. The summed E-state index contributed by atoms with van der Waals surface area (Å²) in [5.74, 6) is -0.833. The minimum atomic E-state index is -0.833. The van der Waals surface area contributed by atoms with Crippen LogP contribution in [0, 0.1) is 0 Å². The first-order valence-electron chi connectivity index (χ1n) is 8.00. The van der Waals surface area contributed by atoms with E-state index in [0.717, 1.165) is 6.92 Å². The molecule has 0 saturated heterocycles. The summed E-state index contributed by atoms with van der Waals surface area (Å²) in [6.07, 6.45) is 9.00. The minimum absolute atomic E-state index is 0.833. The van der Waals surface area contributed by atoms with Gasteiger partial charge in [-0.3, -0.25) is 4.79 Å². The molecule has 1 saturated carbocycles. The molecule has 0 bridgehead atoms. The lowest BCUT2D eigenvalue weighted by atomic mass is 10.0. The van der Waals surface area contributed by atoms with Gasteiger partial charge in [-0.15, -0.1) is 0 Å². The summed E-state index contributed by atoms with van der Waals surface area (Å²) in [5.41, 5.74) is 0. The van der Waals surface area contributed by atoms with E-state index in [1.807, 2.05) is 13.8 Å². The maximum Gasteiger partial charge on any atom is 0.300 e. The Morgan fingerprint density at radius 3 is 1.05 bits per heavy atom. The van der Waals surface area contributed by atoms with Gasteiger partial charge in [0.1, 0.15) is 0 Å². The molecule has 118 valence electrons. The molecule has 1 N–H and O–H groups in total. The molecule has 0 aromatic heterocycles. The van der Waals surface area contributed by atoms with Crippen molar-refractivity contribution in [3.8, 4) is 0 Å². The monoisotopic (exact) mass is 275 g/mol. The molecule has 1 aliphatic carbocycles. The van der Waals surface area contributed by atoms with E-state index < -0.39 is 5.97 Å². The second kappa shape index (κ2) is 22.6. The maximum absolute atomic E-state index is 9.00. The number of aliphatic carboxylic acids is 1. The van der Waals surface area contributed by atoms with Crippen molar-refractivity contribution in [3.05, 3.63) is 0 Å². The molecule has 0 aromatic carbocycles. The number of carboxylic acid groups (broad SMARTS) is 1. The quantitative estimate of drug-likeness (QED) is 0.804. The van der Waals surface area contributed by atoms with Crippen LogP contribution in [0.25, 0.3) is 0 Å². The molecule has 0 aliphatic heterocycles. The molecule has 0 unspecified atom stereocenters. The van der Waals surface area contributed by atoms with E-state index in [9.17, 15) is 0 Å². The molecule has 0 heterocycles. The second-order valence-electron chi connectivity index (χ2n) is 4.26. The molecule has 0 amide bonds. The van der Waals surface area contributed by atoms with Crippen molar-refractivity contribution in [2.24, 2.45) is 0 Å². The van der Waals surface area contributed by atoms with Crippen LogP contribution in [0.3, 0.4) is 0 Å². The van der Waals surface area contributed by atoms with E-state index >= 15 is 0 Å². The van der Waals surface area contributed by atoms with E-state index in [1.165, 1.54) is 58.2 Å². The van der Waals surface area contributed by atoms with Crippen molar-refractivity contribution in [2.45, 2.75) is 80.1 Å². The first-order valence-corrected chi connectivity index (χ1v) is 8.00. The molecular formula is C16H37NO2. The first-order chi connectivity index (χ1) is 9.08. The summed E-state index contributed by atoms with van der Waals surface area (Å²) in [5, 5.41) is 7.42.